The summed E-state index contributed by atoms with van der Waals surface area (Å²) < 4.78 is 4.85. The van der Waals surface area contributed by atoms with E-state index >= 15 is 0 Å². The molecule has 0 unspecified atom stereocenters. The number of phenols is 1. The molecule has 1 N–H and O–H groups in total. The van der Waals surface area contributed by atoms with Crippen molar-refractivity contribution in [1.29, 1.82) is 0 Å². The molecular weight excluding hydrogens is 180 g/mol. The molecule has 76 valence electrons. The zero-order chi connectivity index (χ0) is 10.7. The lowest BCUT2D eigenvalue weighted by atomic mass is 10.0. The minimum atomic E-state index is -0.466. The quantitative estimate of drug-likeness (QED) is 0.734. The molecule has 0 aromatic heterocycles. The van der Waals surface area contributed by atoms with E-state index in [-0.39, 0.29) is 11.3 Å². The third-order valence-corrected chi connectivity index (χ3v) is 2.07. The standard InChI is InChI=1S/C11H14O3/c1-4-14-11(13)9-7(2)5-6-8(3)10(9)12/h5-6,12H,4H2,1-3H3. The number of aryl methyl sites for hydroxylation is 2. The van der Waals surface area contributed by atoms with Gasteiger partial charge in [-0.1, -0.05) is 12.1 Å². The molecule has 3 heteroatoms. The molecule has 0 heterocycles. The molecule has 0 bridgehead atoms. The molecule has 0 fully saturated rings. The lowest BCUT2D eigenvalue weighted by molar-refractivity contribution is 0.0522. The molecule has 1 aromatic rings. The van der Waals surface area contributed by atoms with E-state index in [1.807, 2.05) is 0 Å². The predicted molar refractivity (Wildman–Crippen MR) is 53.5 cm³/mol. The molecule has 1 aromatic carbocycles. The lowest BCUT2D eigenvalue weighted by Gasteiger charge is -2.09. The van der Waals surface area contributed by atoms with Crippen molar-refractivity contribution in [2.45, 2.75) is 20.8 Å². The maximum absolute atomic E-state index is 11.5. The monoisotopic (exact) mass is 194 g/mol. The summed E-state index contributed by atoms with van der Waals surface area (Å²) in [5.74, 6) is -0.449. The minimum Gasteiger partial charge on any atom is -0.507 e. The van der Waals surface area contributed by atoms with Crippen LogP contribution in [0, 0.1) is 13.8 Å². The molecule has 0 aliphatic rings. The highest BCUT2D eigenvalue weighted by atomic mass is 16.5. The van der Waals surface area contributed by atoms with Crippen molar-refractivity contribution in [3.05, 3.63) is 28.8 Å². The van der Waals surface area contributed by atoms with Crippen LogP contribution in [0.4, 0.5) is 0 Å². The van der Waals surface area contributed by atoms with Crippen LogP contribution in [0.5, 0.6) is 5.75 Å². The number of ether oxygens (including phenoxy) is 1. The van der Waals surface area contributed by atoms with Crippen molar-refractivity contribution < 1.29 is 14.6 Å². The van der Waals surface area contributed by atoms with Crippen molar-refractivity contribution in [2.75, 3.05) is 6.61 Å². The Labute approximate surface area is 83.3 Å². The van der Waals surface area contributed by atoms with E-state index in [2.05, 4.69) is 0 Å². The number of phenolic OH excluding ortho intramolecular Hbond substituents is 1. The number of aromatic hydroxyl groups is 1. The number of carbonyl (C=O) groups excluding carboxylic acids is 1. The molecule has 14 heavy (non-hydrogen) atoms. The number of hydrogen-bond donors (Lipinski definition) is 1. The summed E-state index contributed by atoms with van der Waals surface area (Å²) in [7, 11) is 0. The molecule has 0 saturated carbocycles. The second-order valence-electron chi connectivity index (χ2n) is 3.14. The Kier molecular flexibility index (Phi) is 3.12. The van der Waals surface area contributed by atoms with E-state index in [9.17, 15) is 9.90 Å². The van der Waals surface area contributed by atoms with Gasteiger partial charge < -0.3 is 9.84 Å². The Morgan fingerprint density at radius 2 is 1.93 bits per heavy atom. The molecule has 3 nitrogen and oxygen atoms in total. The van der Waals surface area contributed by atoms with Gasteiger partial charge in [0.1, 0.15) is 11.3 Å². The van der Waals surface area contributed by atoms with E-state index in [0.717, 1.165) is 5.56 Å². The fourth-order valence-electron chi connectivity index (χ4n) is 1.26. The zero-order valence-electron chi connectivity index (χ0n) is 8.63. The molecule has 0 atom stereocenters. The topological polar surface area (TPSA) is 46.5 Å². The Balaban J connectivity index is 3.18. The molecule has 0 aliphatic carbocycles. The van der Waals surface area contributed by atoms with E-state index in [4.69, 9.17) is 4.74 Å². The predicted octanol–water partition coefficient (Wildman–Crippen LogP) is 2.19. The van der Waals surface area contributed by atoms with Gasteiger partial charge in [0.2, 0.25) is 0 Å². The van der Waals surface area contributed by atoms with Crippen LogP contribution in [-0.4, -0.2) is 17.7 Å². The summed E-state index contributed by atoms with van der Waals surface area (Å²) in [5, 5.41) is 9.67. The van der Waals surface area contributed by atoms with Crippen LogP contribution < -0.4 is 0 Å². The lowest BCUT2D eigenvalue weighted by Crippen LogP contribution is -2.07. The van der Waals surface area contributed by atoms with E-state index in [0.29, 0.717) is 12.2 Å². The number of esters is 1. The molecule has 0 spiro atoms. The minimum absolute atomic E-state index is 0.0171. The van der Waals surface area contributed by atoms with Gasteiger partial charge in [-0.15, -0.1) is 0 Å². The van der Waals surface area contributed by atoms with Crippen molar-refractivity contribution in [3.8, 4) is 5.75 Å². The summed E-state index contributed by atoms with van der Waals surface area (Å²) in [6.07, 6.45) is 0. The van der Waals surface area contributed by atoms with Gasteiger partial charge in [-0.2, -0.15) is 0 Å². The van der Waals surface area contributed by atoms with Crippen molar-refractivity contribution in [2.24, 2.45) is 0 Å². The second kappa shape index (κ2) is 4.13. The number of hydrogen-bond acceptors (Lipinski definition) is 3. The number of carbonyl (C=O) groups is 1. The average molecular weight is 194 g/mol. The van der Waals surface area contributed by atoms with Gasteiger partial charge in [-0.05, 0) is 31.9 Å². The van der Waals surface area contributed by atoms with Crippen LogP contribution in [0.15, 0.2) is 12.1 Å². The van der Waals surface area contributed by atoms with Gasteiger partial charge in [0, 0.05) is 0 Å². The maximum Gasteiger partial charge on any atom is 0.342 e. The summed E-state index contributed by atoms with van der Waals surface area (Å²) in [6, 6.07) is 3.56. The third kappa shape index (κ3) is 1.87. The summed E-state index contributed by atoms with van der Waals surface area (Å²) in [5.41, 5.74) is 1.68. The van der Waals surface area contributed by atoms with Crippen molar-refractivity contribution >= 4 is 5.97 Å². The highest BCUT2D eigenvalue weighted by Gasteiger charge is 2.16. The van der Waals surface area contributed by atoms with E-state index in [1.54, 1.807) is 32.9 Å². The zero-order valence-corrected chi connectivity index (χ0v) is 8.63. The Morgan fingerprint density at radius 3 is 2.50 bits per heavy atom. The third-order valence-electron chi connectivity index (χ3n) is 2.07. The van der Waals surface area contributed by atoms with Crippen LogP contribution in [0.1, 0.15) is 28.4 Å². The van der Waals surface area contributed by atoms with Crippen molar-refractivity contribution in [1.82, 2.24) is 0 Å². The van der Waals surface area contributed by atoms with Crippen LogP contribution in [-0.2, 0) is 4.74 Å². The van der Waals surface area contributed by atoms with Crippen molar-refractivity contribution in [3.63, 3.8) is 0 Å². The second-order valence-corrected chi connectivity index (χ2v) is 3.14. The van der Waals surface area contributed by atoms with Crippen LogP contribution in [0.3, 0.4) is 0 Å². The van der Waals surface area contributed by atoms with Gasteiger partial charge in [0.05, 0.1) is 6.61 Å². The van der Waals surface area contributed by atoms with E-state index < -0.39 is 5.97 Å². The average Bonchev–Trinajstić information content (AvgIpc) is 2.13. The normalized spacial score (nSPS) is 9.93. The summed E-state index contributed by atoms with van der Waals surface area (Å²) >= 11 is 0. The first-order valence-corrected chi connectivity index (χ1v) is 4.54. The Morgan fingerprint density at radius 1 is 1.36 bits per heavy atom. The first-order valence-electron chi connectivity index (χ1n) is 4.54. The Bertz CT molecular complexity index is 356. The largest absolute Gasteiger partial charge is 0.507 e. The smallest absolute Gasteiger partial charge is 0.342 e. The van der Waals surface area contributed by atoms with E-state index in [1.165, 1.54) is 0 Å². The highest BCUT2D eigenvalue weighted by molar-refractivity contribution is 5.94. The fourth-order valence-corrected chi connectivity index (χ4v) is 1.26. The highest BCUT2D eigenvalue weighted by Crippen LogP contribution is 2.25. The summed E-state index contributed by atoms with van der Waals surface area (Å²) in [4.78, 5) is 11.5. The molecule has 0 amide bonds. The maximum atomic E-state index is 11.5. The number of benzene rings is 1. The van der Waals surface area contributed by atoms with Crippen LogP contribution in [0.2, 0.25) is 0 Å². The number of rotatable bonds is 2. The van der Waals surface area contributed by atoms with Crippen LogP contribution in [0.25, 0.3) is 0 Å². The van der Waals surface area contributed by atoms with Gasteiger partial charge >= 0.3 is 5.97 Å². The van der Waals surface area contributed by atoms with Gasteiger partial charge in [0.15, 0.2) is 0 Å². The molecular formula is C11H14O3. The molecule has 0 radical (unpaired) electrons. The van der Waals surface area contributed by atoms with Gasteiger partial charge in [-0.3, -0.25) is 0 Å². The van der Waals surface area contributed by atoms with Gasteiger partial charge in [-0.25, -0.2) is 4.79 Å². The van der Waals surface area contributed by atoms with Gasteiger partial charge in [0.25, 0.3) is 0 Å². The summed E-state index contributed by atoms with van der Waals surface area (Å²) in [6.45, 7) is 5.56. The fraction of sp³-hybridized carbons (Fsp3) is 0.364. The SMILES string of the molecule is CCOC(=O)c1c(C)ccc(C)c1O. The molecule has 0 saturated heterocycles. The first kappa shape index (κ1) is 10.6. The molecule has 1 rings (SSSR count). The molecule has 0 aliphatic heterocycles. The van der Waals surface area contributed by atoms with Crippen LogP contribution >= 0.6 is 0 Å². The Hall–Kier alpha value is -1.51. The first-order chi connectivity index (χ1) is 6.57.